The fourth-order valence-corrected chi connectivity index (χ4v) is 3.70. The summed E-state index contributed by atoms with van der Waals surface area (Å²) in [6.45, 7) is 4.83. The van der Waals surface area contributed by atoms with Crippen LogP contribution in [0, 0.1) is 6.92 Å². The van der Waals surface area contributed by atoms with Crippen LogP contribution < -0.4 is 9.64 Å². The van der Waals surface area contributed by atoms with Gasteiger partial charge in [0.15, 0.2) is 11.5 Å². The second-order valence-corrected chi connectivity index (χ2v) is 7.62. The Hall–Kier alpha value is -2.24. The van der Waals surface area contributed by atoms with E-state index < -0.39 is 0 Å². The maximum atomic E-state index is 11.7. The molecular formula is C22H25ClN2O2S. The zero-order chi connectivity index (χ0) is 20.5. The number of nitrogens with zero attached hydrogens (tertiary/aromatic N) is 2. The lowest BCUT2D eigenvalue weighted by Crippen LogP contribution is -2.25. The highest BCUT2D eigenvalue weighted by atomic mass is 35.5. The van der Waals surface area contributed by atoms with Gasteiger partial charge in [0.2, 0.25) is 0 Å². The van der Waals surface area contributed by atoms with Crippen LogP contribution in [0.2, 0.25) is 5.02 Å². The Labute approximate surface area is 176 Å². The highest BCUT2D eigenvalue weighted by molar-refractivity contribution is 8.18. The van der Waals surface area contributed by atoms with E-state index in [1.807, 2.05) is 36.2 Å². The number of hydrogen-bond acceptors (Lipinski definition) is 4. The Balaban J connectivity index is 2.32. The molecule has 6 heteroatoms. The normalized spacial score (nSPS) is 12.0. The molecule has 4 nitrogen and oxygen atoms in total. The third-order valence-corrected chi connectivity index (χ3v) is 5.38. The predicted octanol–water partition coefficient (Wildman–Crippen LogP) is 5.83. The number of para-hydroxylation sites is 1. The number of rotatable bonds is 7. The number of methoxy groups -OCH3 is 1. The van der Waals surface area contributed by atoms with Gasteiger partial charge in [-0.05, 0) is 60.5 Å². The maximum Gasteiger partial charge on any atom is 0.168 e. The van der Waals surface area contributed by atoms with Crippen molar-refractivity contribution in [3.8, 4) is 5.75 Å². The van der Waals surface area contributed by atoms with Crippen LogP contribution in [0.4, 0.5) is 5.69 Å². The van der Waals surface area contributed by atoms with Gasteiger partial charge in [0.25, 0.3) is 0 Å². The fraction of sp³-hybridized carbons (Fsp3) is 0.273. The Kier molecular flexibility index (Phi) is 8.61. The van der Waals surface area contributed by atoms with E-state index in [1.54, 1.807) is 25.3 Å². The number of allylic oxidation sites excluding steroid dienone is 1. The van der Waals surface area contributed by atoms with Crippen LogP contribution in [0.3, 0.4) is 0 Å². The molecular weight excluding hydrogens is 392 g/mol. The lowest BCUT2D eigenvalue weighted by atomic mass is 10.2. The Bertz CT molecular complexity index is 881. The number of benzene rings is 2. The van der Waals surface area contributed by atoms with E-state index in [1.165, 1.54) is 11.8 Å². The fourth-order valence-electron chi connectivity index (χ4n) is 2.59. The maximum absolute atomic E-state index is 11.7. The molecule has 2 aromatic carbocycles. The smallest absolute Gasteiger partial charge is 0.168 e. The summed E-state index contributed by atoms with van der Waals surface area (Å²) in [5.41, 5.74) is 3.03. The topological polar surface area (TPSA) is 41.9 Å². The van der Waals surface area contributed by atoms with Gasteiger partial charge in [-0.2, -0.15) is 0 Å². The average Bonchev–Trinajstić information content (AvgIpc) is 2.70. The van der Waals surface area contributed by atoms with Gasteiger partial charge in [0.1, 0.15) is 5.75 Å². The van der Waals surface area contributed by atoms with Crippen molar-refractivity contribution < 1.29 is 9.53 Å². The molecule has 0 aliphatic heterocycles. The van der Waals surface area contributed by atoms with Crippen molar-refractivity contribution in [3.05, 3.63) is 63.5 Å². The Morgan fingerprint density at radius 3 is 2.64 bits per heavy atom. The van der Waals surface area contributed by atoms with Crippen molar-refractivity contribution in [1.82, 2.24) is 0 Å². The highest BCUT2D eigenvalue weighted by Gasteiger charge is 2.14. The molecule has 0 N–H and O–H groups in total. The lowest BCUT2D eigenvalue weighted by Gasteiger charge is -2.22. The van der Waals surface area contributed by atoms with E-state index in [2.05, 4.69) is 19.9 Å². The molecule has 2 aromatic rings. The van der Waals surface area contributed by atoms with Crippen LogP contribution >= 0.6 is 23.4 Å². The number of aliphatic imine (C=N–C) groups is 1. The summed E-state index contributed by atoms with van der Waals surface area (Å²) >= 11 is 7.54. The molecule has 0 bridgehead atoms. The number of thioether (sulfide) groups is 1. The number of amidine groups is 1. The van der Waals surface area contributed by atoms with Crippen molar-refractivity contribution in [2.45, 2.75) is 20.3 Å². The molecule has 0 aromatic heterocycles. The van der Waals surface area contributed by atoms with E-state index in [4.69, 9.17) is 21.3 Å². The zero-order valence-corrected chi connectivity index (χ0v) is 18.2. The number of anilines is 1. The molecule has 0 spiro atoms. The van der Waals surface area contributed by atoms with Crippen molar-refractivity contribution in [2.75, 3.05) is 25.6 Å². The highest BCUT2D eigenvalue weighted by Crippen LogP contribution is 2.29. The molecule has 0 atom stereocenters. The monoisotopic (exact) mass is 416 g/mol. The SMILES string of the molecule is CCCN=C(S/C(C=O)=C\c1ccc(OC)c(Cl)c1)N(C)c1ccccc1C. The third-order valence-electron chi connectivity index (χ3n) is 4.04. The third kappa shape index (κ3) is 5.88. The van der Waals surface area contributed by atoms with Crippen molar-refractivity contribution in [3.63, 3.8) is 0 Å². The first-order chi connectivity index (χ1) is 13.5. The first kappa shape index (κ1) is 22.1. The molecule has 2 rings (SSSR count). The van der Waals surface area contributed by atoms with Gasteiger partial charge in [-0.15, -0.1) is 0 Å². The number of ether oxygens (including phenoxy) is 1. The molecule has 28 heavy (non-hydrogen) atoms. The minimum atomic E-state index is 0.503. The molecule has 0 saturated heterocycles. The van der Waals surface area contributed by atoms with Crippen LogP contribution in [-0.2, 0) is 4.79 Å². The molecule has 0 heterocycles. The summed E-state index contributed by atoms with van der Waals surface area (Å²) in [7, 11) is 3.54. The van der Waals surface area contributed by atoms with Gasteiger partial charge in [-0.3, -0.25) is 9.79 Å². The quantitative estimate of drug-likeness (QED) is 0.246. The van der Waals surface area contributed by atoms with E-state index >= 15 is 0 Å². The van der Waals surface area contributed by atoms with E-state index in [0.29, 0.717) is 22.2 Å². The average molecular weight is 417 g/mol. The van der Waals surface area contributed by atoms with E-state index in [-0.39, 0.29) is 0 Å². The first-order valence-corrected chi connectivity index (χ1v) is 10.2. The molecule has 0 radical (unpaired) electrons. The van der Waals surface area contributed by atoms with Crippen molar-refractivity contribution in [2.24, 2.45) is 4.99 Å². The number of aldehydes is 1. The van der Waals surface area contributed by atoms with Crippen molar-refractivity contribution in [1.29, 1.82) is 0 Å². The first-order valence-electron chi connectivity index (χ1n) is 9.02. The van der Waals surface area contributed by atoms with Crippen LogP contribution in [-0.4, -0.2) is 32.2 Å². The van der Waals surface area contributed by atoms with E-state index in [0.717, 1.165) is 34.7 Å². The summed E-state index contributed by atoms with van der Waals surface area (Å²) in [5.74, 6) is 0.601. The van der Waals surface area contributed by atoms with Gasteiger partial charge in [-0.1, -0.05) is 42.8 Å². The second kappa shape index (κ2) is 10.9. The summed E-state index contributed by atoms with van der Waals surface area (Å²) in [6, 6.07) is 13.5. The molecule has 0 unspecified atom stereocenters. The lowest BCUT2D eigenvalue weighted by molar-refractivity contribution is -0.104. The Morgan fingerprint density at radius 2 is 2.04 bits per heavy atom. The number of hydrogen-bond donors (Lipinski definition) is 0. The predicted molar refractivity (Wildman–Crippen MR) is 122 cm³/mol. The molecule has 148 valence electrons. The van der Waals surface area contributed by atoms with Gasteiger partial charge >= 0.3 is 0 Å². The summed E-state index contributed by atoms with van der Waals surface area (Å²) in [5, 5.41) is 1.28. The largest absolute Gasteiger partial charge is 0.495 e. The van der Waals surface area contributed by atoms with Gasteiger partial charge in [-0.25, -0.2) is 0 Å². The summed E-state index contributed by atoms with van der Waals surface area (Å²) in [6.07, 6.45) is 3.58. The summed E-state index contributed by atoms with van der Waals surface area (Å²) in [4.78, 5) is 19.0. The molecule has 0 aliphatic carbocycles. The van der Waals surface area contributed by atoms with Crippen LogP contribution in [0.15, 0.2) is 52.4 Å². The summed E-state index contributed by atoms with van der Waals surface area (Å²) < 4.78 is 5.18. The second-order valence-electron chi connectivity index (χ2n) is 6.17. The molecule has 0 amide bonds. The molecule has 0 saturated carbocycles. The number of halogens is 1. The van der Waals surface area contributed by atoms with Gasteiger partial charge < -0.3 is 9.64 Å². The zero-order valence-electron chi connectivity index (χ0n) is 16.6. The van der Waals surface area contributed by atoms with Gasteiger partial charge in [0, 0.05) is 19.3 Å². The van der Waals surface area contributed by atoms with Gasteiger partial charge in [0.05, 0.1) is 17.0 Å². The Morgan fingerprint density at radius 1 is 1.29 bits per heavy atom. The van der Waals surface area contributed by atoms with Crippen LogP contribution in [0.1, 0.15) is 24.5 Å². The number of aryl methyl sites for hydroxylation is 1. The van der Waals surface area contributed by atoms with E-state index in [9.17, 15) is 4.79 Å². The minimum Gasteiger partial charge on any atom is -0.495 e. The standard InChI is InChI=1S/C22H25ClN2O2S/c1-5-12-24-22(25(3)20-9-7-6-8-16(20)2)28-18(15-26)13-17-10-11-21(27-4)19(23)14-17/h6-11,13-15H,5,12H2,1-4H3/b18-13-,24-22?. The van der Waals surface area contributed by atoms with Crippen LogP contribution in [0.25, 0.3) is 6.08 Å². The molecule has 0 aliphatic rings. The van der Waals surface area contributed by atoms with Crippen molar-refractivity contribution >= 4 is 46.6 Å². The molecule has 0 fully saturated rings. The number of carbonyl (C=O) groups excluding carboxylic acids is 1. The minimum absolute atomic E-state index is 0.503. The van der Waals surface area contributed by atoms with Crippen LogP contribution in [0.5, 0.6) is 5.75 Å². The number of carbonyl (C=O) groups is 1.